The van der Waals surface area contributed by atoms with Crippen molar-refractivity contribution in [1.82, 2.24) is 19.8 Å². The Morgan fingerprint density at radius 1 is 1.05 bits per heavy atom. The molecule has 0 unspecified atom stereocenters. The highest BCUT2D eigenvalue weighted by molar-refractivity contribution is 5.97. The highest BCUT2D eigenvalue weighted by Gasteiger charge is 2.39. The molecule has 2 atom stereocenters. The molecule has 0 radical (unpaired) electrons. The zero-order valence-corrected chi connectivity index (χ0v) is 23.8. The zero-order valence-electron chi connectivity index (χ0n) is 22.2. The van der Waals surface area contributed by atoms with Crippen LogP contribution in [-0.2, 0) is 4.79 Å². The van der Waals surface area contributed by atoms with Crippen molar-refractivity contribution >= 4 is 42.6 Å². The van der Waals surface area contributed by atoms with Gasteiger partial charge in [-0.05, 0) is 29.9 Å². The van der Waals surface area contributed by atoms with Crippen molar-refractivity contribution in [1.29, 1.82) is 0 Å². The number of ketones is 1. The van der Waals surface area contributed by atoms with Crippen LogP contribution < -0.4 is 5.73 Å². The van der Waals surface area contributed by atoms with Crippen LogP contribution in [0.1, 0.15) is 48.9 Å². The van der Waals surface area contributed by atoms with Gasteiger partial charge in [0, 0.05) is 30.9 Å². The molecule has 0 saturated carbocycles. The Morgan fingerprint density at radius 2 is 1.62 bits per heavy atom. The van der Waals surface area contributed by atoms with E-state index >= 15 is 0 Å². The van der Waals surface area contributed by atoms with Gasteiger partial charge < -0.3 is 20.7 Å². The number of Topliss-reactive ketones (excluding diaryl/α,β-unsaturated/α-hetero) is 1. The topological polar surface area (TPSA) is 133 Å². The number of imidazole rings is 1. The number of hydrogen-bond donors (Lipinski definition) is 3. The van der Waals surface area contributed by atoms with Crippen LogP contribution in [0, 0.1) is 5.92 Å². The van der Waals surface area contributed by atoms with Crippen LogP contribution in [0.3, 0.4) is 0 Å². The summed E-state index contributed by atoms with van der Waals surface area (Å²) in [7, 11) is 1.44. The molecule has 1 aliphatic heterocycles. The van der Waals surface area contributed by atoms with Gasteiger partial charge in [0.2, 0.25) is 5.91 Å². The quantitative estimate of drug-likeness (QED) is 0.323. The molecule has 2 amide bonds. The maximum absolute atomic E-state index is 13.4. The number of likely N-dealkylation sites (N-methyl/N-ethyl adjacent to an activating group) is 1. The number of H-pyrrole nitrogens is 1. The molecule has 3 aromatic rings. The van der Waals surface area contributed by atoms with Gasteiger partial charge in [-0.15, -0.1) is 24.8 Å². The van der Waals surface area contributed by atoms with E-state index in [0.717, 1.165) is 40.1 Å². The lowest BCUT2D eigenvalue weighted by Crippen LogP contribution is -2.51. The summed E-state index contributed by atoms with van der Waals surface area (Å²) in [6.45, 7) is 4.27. The van der Waals surface area contributed by atoms with E-state index in [9.17, 15) is 19.5 Å². The first-order chi connectivity index (χ1) is 17.7. The van der Waals surface area contributed by atoms with Gasteiger partial charge in [-0.2, -0.15) is 0 Å². The molecule has 4 N–H and O–H groups in total. The number of carbonyl (C=O) groups excluding carboxylic acids is 2. The van der Waals surface area contributed by atoms with Crippen molar-refractivity contribution in [2.24, 2.45) is 11.7 Å². The molecule has 1 aliphatic rings. The number of nitrogens with two attached hydrogens (primary N) is 1. The summed E-state index contributed by atoms with van der Waals surface area (Å²) in [4.78, 5) is 47.6. The van der Waals surface area contributed by atoms with Crippen molar-refractivity contribution in [2.45, 2.75) is 38.8 Å². The number of nitrogens with one attached hydrogen (secondary N) is 1. The zero-order chi connectivity index (χ0) is 26.7. The number of amides is 2. The normalized spacial score (nSPS) is 15.3. The second-order valence-corrected chi connectivity index (χ2v) is 9.72. The molecular formula is C28H35Cl2N5O4. The van der Waals surface area contributed by atoms with Crippen molar-refractivity contribution in [2.75, 3.05) is 20.1 Å². The number of aromatic nitrogens is 2. The predicted molar refractivity (Wildman–Crippen MR) is 155 cm³/mol. The summed E-state index contributed by atoms with van der Waals surface area (Å²) in [5.74, 6) is 0.264. The summed E-state index contributed by atoms with van der Waals surface area (Å²) in [6, 6.07) is 14.4. The number of nitrogens with zero attached hydrogens (tertiary/aromatic N) is 3. The molecule has 11 heteroatoms. The van der Waals surface area contributed by atoms with Crippen LogP contribution in [0.4, 0.5) is 4.79 Å². The molecule has 4 rings (SSSR count). The van der Waals surface area contributed by atoms with Crippen LogP contribution >= 0.6 is 24.8 Å². The molecule has 39 heavy (non-hydrogen) atoms. The van der Waals surface area contributed by atoms with E-state index in [1.807, 2.05) is 56.4 Å². The van der Waals surface area contributed by atoms with Crippen molar-refractivity contribution in [3.05, 3.63) is 66.1 Å². The van der Waals surface area contributed by atoms with Crippen LogP contribution in [0.25, 0.3) is 22.4 Å². The van der Waals surface area contributed by atoms with E-state index in [2.05, 4.69) is 4.98 Å². The smallest absolute Gasteiger partial charge is 0.407 e. The maximum atomic E-state index is 13.4. The Morgan fingerprint density at radius 3 is 2.15 bits per heavy atom. The Labute approximate surface area is 240 Å². The first-order valence-corrected chi connectivity index (χ1v) is 12.5. The SMILES string of the molecule is CC(C)[C@@H](C(=O)N1CCC[C@H]1c1nc(-c2ccc(-c3ccc(C(=O)CN)cc3)cc2)c[nH]1)N(C)C(=O)O.Cl.Cl. The van der Waals surface area contributed by atoms with Crippen LogP contribution in [0.5, 0.6) is 0 Å². The Hall–Kier alpha value is -3.40. The van der Waals surface area contributed by atoms with Gasteiger partial charge in [0.05, 0.1) is 18.3 Å². The van der Waals surface area contributed by atoms with Crippen molar-refractivity contribution in [3.8, 4) is 22.4 Å². The number of hydrogen-bond acceptors (Lipinski definition) is 5. The van der Waals surface area contributed by atoms with Crippen molar-refractivity contribution in [3.63, 3.8) is 0 Å². The molecule has 0 spiro atoms. The fourth-order valence-electron chi connectivity index (χ4n) is 4.96. The van der Waals surface area contributed by atoms with Gasteiger partial charge >= 0.3 is 6.09 Å². The number of carbonyl (C=O) groups is 3. The molecule has 2 heterocycles. The fourth-order valence-corrected chi connectivity index (χ4v) is 4.96. The van der Waals surface area contributed by atoms with Gasteiger partial charge in [0.1, 0.15) is 11.9 Å². The number of likely N-dealkylation sites (tertiary alicyclic amines) is 1. The van der Waals surface area contributed by atoms with E-state index in [1.54, 1.807) is 17.0 Å². The average Bonchev–Trinajstić information content (AvgIpc) is 3.58. The van der Waals surface area contributed by atoms with Crippen molar-refractivity contribution < 1.29 is 19.5 Å². The van der Waals surface area contributed by atoms with Crippen LogP contribution in [0.15, 0.2) is 54.7 Å². The molecule has 1 saturated heterocycles. The van der Waals surface area contributed by atoms with E-state index in [-0.39, 0.29) is 55.0 Å². The number of carboxylic acid groups (broad SMARTS) is 1. The summed E-state index contributed by atoms with van der Waals surface area (Å²) in [6.07, 6.45) is 2.31. The minimum absolute atomic E-state index is 0. The molecule has 0 aliphatic carbocycles. The molecule has 1 fully saturated rings. The Kier molecular flexibility index (Phi) is 11.1. The molecule has 210 valence electrons. The Balaban J connectivity index is 0.00000267. The molecular weight excluding hydrogens is 541 g/mol. The monoisotopic (exact) mass is 575 g/mol. The summed E-state index contributed by atoms with van der Waals surface area (Å²) in [5.41, 5.74) is 9.75. The predicted octanol–water partition coefficient (Wildman–Crippen LogP) is 5.03. The third-order valence-electron chi connectivity index (χ3n) is 6.96. The molecule has 9 nitrogen and oxygen atoms in total. The lowest BCUT2D eigenvalue weighted by atomic mass is 10.0. The molecule has 2 aromatic carbocycles. The van der Waals surface area contributed by atoms with Crippen LogP contribution in [0.2, 0.25) is 0 Å². The second kappa shape index (κ2) is 13.6. The lowest BCUT2D eigenvalue weighted by Gasteiger charge is -2.33. The highest BCUT2D eigenvalue weighted by atomic mass is 35.5. The maximum Gasteiger partial charge on any atom is 0.407 e. The fraction of sp³-hybridized carbons (Fsp3) is 0.357. The van der Waals surface area contributed by atoms with E-state index in [0.29, 0.717) is 17.9 Å². The Bertz CT molecular complexity index is 1280. The number of benzene rings is 2. The third kappa shape index (κ3) is 6.79. The van der Waals surface area contributed by atoms with Gasteiger partial charge in [0.25, 0.3) is 0 Å². The summed E-state index contributed by atoms with van der Waals surface area (Å²) >= 11 is 0. The summed E-state index contributed by atoms with van der Waals surface area (Å²) in [5, 5.41) is 9.46. The van der Waals surface area contributed by atoms with Gasteiger partial charge in [-0.25, -0.2) is 9.78 Å². The lowest BCUT2D eigenvalue weighted by molar-refractivity contribution is -0.138. The first kappa shape index (κ1) is 31.8. The summed E-state index contributed by atoms with van der Waals surface area (Å²) < 4.78 is 0. The third-order valence-corrected chi connectivity index (χ3v) is 6.96. The van der Waals surface area contributed by atoms with Crippen LogP contribution in [-0.4, -0.2) is 68.8 Å². The minimum Gasteiger partial charge on any atom is -0.465 e. The van der Waals surface area contributed by atoms with Gasteiger partial charge in [-0.3, -0.25) is 14.5 Å². The van der Waals surface area contributed by atoms with E-state index < -0.39 is 12.1 Å². The first-order valence-electron chi connectivity index (χ1n) is 12.5. The van der Waals surface area contributed by atoms with E-state index in [1.165, 1.54) is 7.05 Å². The number of rotatable bonds is 8. The largest absolute Gasteiger partial charge is 0.465 e. The highest BCUT2D eigenvalue weighted by Crippen LogP contribution is 2.33. The average molecular weight is 577 g/mol. The van der Waals surface area contributed by atoms with E-state index in [4.69, 9.17) is 10.7 Å². The number of halogens is 2. The minimum atomic E-state index is -1.12. The molecule has 0 bridgehead atoms. The molecule has 1 aromatic heterocycles. The van der Waals surface area contributed by atoms with Gasteiger partial charge in [0.15, 0.2) is 5.78 Å². The van der Waals surface area contributed by atoms with Gasteiger partial charge in [-0.1, -0.05) is 62.4 Å². The second-order valence-electron chi connectivity index (χ2n) is 9.72. The standard InChI is InChI=1S/C28H33N5O4.2ClH/c1-17(2)25(32(3)28(36)37)27(35)33-14-4-5-23(33)26-30-16-22(31-26)20-10-6-18(7-11-20)19-8-12-21(13-9-19)24(34)15-29;;/h6-13,16-17,23,25H,4-5,14-15,29H2,1-3H3,(H,30,31)(H,36,37);2*1H/t23-,25-;;/m0../s1. The number of aromatic amines is 1.